The fraction of sp³-hybridized carbons (Fsp3) is 0.280. The Morgan fingerprint density at radius 1 is 0.424 bits per heavy atom. The van der Waals surface area contributed by atoms with Gasteiger partial charge in [-0.3, -0.25) is 18.9 Å². The smallest absolute Gasteiger partial charge is 0.217 e. The van der Waals surface area contributed by atoms with E-state index in [4.69, 9.17) is 0 Å². The lowest BCUT2D eigenvalue weighted by atomic mass is 10.1. The molecule has 0 amide bonds. The Kier molecular flexibility index (Phi) is 19.5. The summed E-state index contributed by atoms with van der Waals surface area (Å²) in [5.41, 5.74) is 8.30. The van der Waals surface area contributed by atoms with Gasteiger partial charge in [0, 0.05) is 76.5 Å². The molecule has 0 radical (unpaired) electrons. The largest absolute Gasteiger partial charge is 0.726 e. The molecular weight excluding hydrogens is 753 g/mol. The summed E-state index contributed by atoms with van der Waals surface area (Å²) in [5, 5.41) is 0. The third-order valence-electron chi connectivity index (χ3n) is 10.3. The van der Waals surface area contributed by atoms with Gasteiger partial charge in [0.25, 0.3) is 0 Å². The van der Waals surface area contributed by atoms with Crippen molar-refractivity contribution >= 4 is 10.4 Å². The molecule has 0 saturated carbocycles. The summed E-state index contributed by atoms with van der Waals surface area (Å²) in [6, 6.07) is 65.9. The number of rotatable bonds is 23. The quantitative estimate of drug-likeness (QED) is 0.0532. The second-order valence-corrected chi connectivity index (χ2v) is 16.1. The second-order valence-electron chi connectivity index (χ2n) is 15.0. The maximum absolute atomic E-state index is 9.22. The molecule has 9 heteroatoms. The zero-order chi connectivity index (χ0) is 41.4. The van der Waals surface area contributed by atoms with Crippen LogP contribution in [-0.2, 0) is 53.9 Å². The van der Waals surface area contributed by atoms with Crippen LogP contribution in [0.4, 0.5) is 0 Å². The highest BCUT2D eigenvalue weighted by Gasteiger charge is 2.16. The van der Waals surface area contributed by atoms with E-state index in [1.165, 1.54) is 33.4 Å². The van der Waals surface area contributed by atoms with Crippen molar-refractivity contribution in [2.45, 2.75) is 45.7 Å². The molecule has 1 N–H and O–H groups in total. The van der Waals surface area contributed by atoms with Crippen LogP contribution in [0.5, 0.6) is 0 Å². The Labute approximate surface area is 353 Å². The maximum atomic E-state index is 9.22. The molecule has 0 unspecified atom stereocenters. The van der Waals surface area contributed by atoms with Gasteiger partial charge in [0.2, 0.25) is 10.4 Å². The third-order valence-corrected chi connectivity index (χ3v) is 10.7. The molecule has 0 fully saturated rings. The van der Waals surface area contributed by atoms with Crippen molar-refractivity contribution in [3.63, 3.8) is 0 Å². The topological polar surface area (TPSA) is 80.6 Å². The standard InChI is InChI=1S/C49H56N4.CH4O4S/c1-7-20-44(21-8-1)38-50(32-19-33-52(40-46-24-11-3-12-25-46)41-47-26-13-4-14-27-47)34-35-51(39-45-22-9-2-10-23-45)36-37-53(42-48-28-15-5-16-29-48)43-49-30-17-6-18-31-49;1-5-6(2,3)4/h1-18,20-31H,19,32-43H2;1H3,(H,2,3,4). The number of benzene rings is 6. The Balaban J connectivity index is 0.00000102. The van der Waals surface area contributed by atoms with Crippen molar-refractivity contribution < 1.29 is 22.1 Å². The molecule has 59 heavy (non-hydrogen) atoms. The van der Waals surface area contributed by atoms with Crippen molar-refractivity contribution in [3.8, 4) is 0 Å². The van der Waals surface area contributed by atoms with E-state index in [9.17, 15) is 13.0 Å². The number of hydrogen-bond donors (Lipinski definition) is 1. The first kappa shape index (κ1) is 45.1. The lowest BCUT2D eigenvalue weighted by Crippen LogP contribution is -3.09. The van der Waals surface area contributed by atoms with Gasteiger partial charge in [-0.25, -0.2) is 8.42 Å². The first-order valence-electron chi connectivity index (χ1n) is 20.6. The van der Waals surface area contributed by atoms with Crippen LogP contribution in [0.1, 0.15) is 39.8 Å². The highest BCUT2D eigenvalue weighted by atomic mass is 32.3. The molecule has 0 spiro atoms. The molecule has 0 heterocycles. The third kappa shape index (κ3) is 18.7. The molecule has 6 rings (SSSR count). The fourth-order valence-corrected chi connectivity index (χ4v) is 7.25. The van der Waals surface area contributed by atoms with Gasteiger partial charge in [-0.2, -0.15) is 0 Å². The summed E-state index contributed by atoms with van der Waals surface area (Å²) >= 11 is 0. The van der Waals surface area contributed by atoms with Crippen LogP contribution in [0.2, 0.25) is 0 Å². The van der Waals surface area contributed by atoms with Gasteiger partial charge in [0.15, 0.2) is 0 Å². The molecule has 0 atom stereocenters. The number of hydrogen-bond acceptors (Lipinski definition) is 7. The van der Waals surface area contributed by atoms with Gasteiger partial charge in [-0.05, 0) is 22.3 Å². The van der Waals surface area contributed by atoms with Crippen LogP contribution in [0.25, 0.3) is 0 Å². The highest BCUT2D eigenvalue weighted by molar-refractivity contribution is 7.80. The summed E-state index contributed by atoms with van der Waals surface area (Å²) < 4.78 is 31.0. The molecule has 6 aromatic carbocycles. The van der Waals surface area contributed by atoms with Crippen LogP contribution in [0.3, 0.4) is 0 Å². The molecule has 0 aromatic heterocycles. The lowest BCUT2D eigenvalue weighted by molar-refractivity contribution is -0.927. The first-order chi connectivity index (χ1) is 28.8. The van der Waals surface area contributed by atoms with E-state index in [-0.39, 0.29) is 0 Å². The Morgan fingerprint density at radius 3 is 0.983 bits per heavy atom. The van der Waals surface area contributed by atoms with Crippen molar-refractivity contribution in [1.82, 2.24) is 14.7 Å². The highest BCUT2D eigenvalue weighted by Crippen LogP contribution is 2.13. The molecule has 0 aliphatic carbocycles. The predicted octanol–water partition coefficient (Wildman–Crippen LogP) is 7.46. The van der Waals surface area contributed by atoms with Crippen molar-refractivity contribution in [2.24, 2.45) is 0 Å². The fourth-order valence-electron chi connectivity index (χ4n) is 7.25. The van der Waals surface area contributed by atoms with E-state index in [1.54, 1.807) is 4.90 Å². The summed E-state index contributed by atoms with van der Waals surface area (Å²) in [7, 11) is -3.60. The van der Waals surface area contributed by atoms with Crippen LogP contribution >= 0.6 is 0 Å². The molecule has 8 nitrogen and oxygen atoms in total. The molecule has 0 saturated heterocycles. The van der Waals surface area contributed by atoms with Gasteiger partial charge < -0.3 is 9.45 Å². The molecule has 0 aliphatic heterocycles. The van der Waals surface area contributed by atoms with Gasteiger partial charge in [0.05, 0.1) is 13.7 Å². The first-order valence-corrected chi connectivity index (χ1v) is 21.9. The Hall–Kier alpha value is -4.97. The van der Waals surface area contributed by atoms with Gasteiger partial charge in [0.1, 0.15) is 13.1 Å². The van der Waals surface area contributed by atoms with E-state index >= 15 is 0 Å². The lowest BCUT2D eigenvalue weighted by Gasteiger charge is -2.31. The van der Waals surface area contributed by atoms with Crippen molar-refractivity contribution in [1.29, 1.82) is 0 Å². The van der Waals surface area contributed by atoms with E-state index in [0.717, 1.165) is 92.1 Å². The minimum Gasteiger partial charge on any atom is -0.726 e. The maximum Gasteiger partial charge on any atom is 0.217 e. The van der Waals surface area contributed by atoms with Gasteiger partial charge in [-0.1, -0.05) is 182 Å². The average molecular weight is 813 g/mol. The monoisotopic (exact) mass is 812 g/mol. The van der Waals surface area contributed by atoms with E-state index in [0.29, 0.717) is 0 Å². The number of quaternary nitrogens is 1. The normalized spacial score (nSPS) is 11.6. The van der Waals surface area contributed by atoms with Crippen LogP contribution in [0, 0.1) is 0 Å². The molecule has 310 valence electrons. The van der Waals surface area contributed by atoms with Crippen molar-refractivity contribution in [3.05, 3.63) is 215 Å². The Bertz CT molecular complexity index is 2000. The van der Waals surface area contributed by atoms with Gasteiger partial charge >= 0.3 is 0 Å². The second kappa shape index (κ2) is 25.5. The molecule has 0 aliphatic rings. The minimum absolute atomic E-state index is 0.808. The zero-order valence-electron chi connectivity index (χ0n) is 34.4. The van der Waals surface area contributed by atoms with E-state index < -0.39 is 10.4 Å². The molecule has 0 bridgehead atoms. The number of nitrogens with one attached hydrogen (secondary N) is 1. The summed E-state index contributed by atoms with van der Waals surface area (Å²) in [6.07, 6.45) is 1.16. The van der Waals surface area contributed by atoms with E-state index in [1.807, 2.05) is 0 Å². The molecule has 6 aromatic rings. The number of nitrogens with zero attached hydrogens (tertiary/aromatic N) is 3. The van der Waals surface area contributed by atoms with Crippen molar-refractivity contribution in [2.75, 3.05) is 46.4 Å². The van der Waals surface area contributed by atoms with E-state index in [2.05, 4.69) is 201 Å². The van der Waals surface area contributed by atoms with Crippen LogP contribution < -0.4 is 4.90 Å². The summed E-state index contributed by atoms with van der Waals surface area (Å²) in [6.45, 7) is 12.2. The average Bonchev–Trinajstić information content (AvgIpc) is 3.26. The van der Waals surface area contributed by atoms with Crippen LogP contribution in [-0.4, -0.2) is 74.0 Å². The molecular formula is C50H60N4O4S. The minimum atomic E-state index is -4.41. The predicted molar refractivity (Wildman–Crippen MR) is 238 cm³/mol. The SMILES string of the molecule is COS(=O)(=O)[O-].c1ccc(CN(CCC[NH+](Cc2ccccc2)Cc2ccccc2)CCN(CCN(Cc2ccccc2)Cc2ccccc2)Cc2ccccc2)cc1. The van der Waals surface area contributed by atoms with Crippen LogP contribution in [0.15, 0.2) is 182 Å². The summed E-state index contributed by atoms with van der Waals surface area (Å²) in [5.74, 6) is 0. The Morgan fingerprint density at radius 2 is 0.678 bits per heavy atom. The van der Waals surface area contributed by atoms with Gasteiger partial charge in [-0.15, -0.1) is 0 Å². The zero-order valence-corrected chi connectivity index (χ0v) is 35.2. The summed E-state index contributed by atoms with van der Waals surface area (Å²) in [4.78, 5) is 9.60.